The SMILES string of the molecule is CC(=O)Nc1ccc(C(=O)NCC(C)(C)N)cc1.Cl. The van der Waals surface area contributed by atoms with Crippen LogP contribution in [0.4, 0.5) is 5.69 Å². The highest BCUT2D eigenvalue weighted by molar-refractivity contribution is 5.95. The molecule has 2 amide bonds. The molecule has 0 atom stereocenters. The Labute approximate surface area is 119 Å². The van der Waals surface area contributed by atoms with E-state index in [9.17, 15) is 9.59 Å². The molecule has 5 nitrogen and oxygen atoms in total. The van der Waals surface area contributed by atoms with Crippen LogP contribution in [-0.4, -0.2) is 23.9 Å². The lowest BCUT2D eigenvalue weighted by Gasteiger charge is -2.18. The number of nitrogens with one attached hydrogen (secondary N) is 2. The largest absolute Gasteiger partial charge is 0.350 e. The fraction of sp³-hybridized carbons (Fsp3) is 0.385. The molecule has 19 heavy (non-hydrogen) atoms. The molecule has 0 radical (unpaired) electrons. The number of nitrogens with two attached hydrogens (primary N) is 1. The summed E-state index contributed by atoms with van der Waals surface area (Å²) in [6.45, 7) is 5.52. The normalized spacial score (nSPS) is 10.3. The van der Waals surface area contributed by atoms with Gasteiger partial charge < -0.3 is 16.4 Å². The zero-order valence-electron chi connectivity index (χ0n) is 11.3. The molecular formula is C13H20ClN3O2. The van der Waals surface area contributed by atoms with Gasteiger partial charge >= 0.3 is 0 Å². The summed E-state index contributed by atoms with van der Waals surface area (Å²) in [5, 5.41) is 5.38. The molecule has 0 aliphatic carbocycles. The van der Waals surface area contributed by atoms with Crippen molar-refractivity contribution in [2.45, 2.75) is 26.3 Å². The topological polar surface area (TPSA) is 84.2 Å². The Kier molecular flexibility index (Phi) is 6.52. The van der Waals surface area contributed by atoms with Crippen LogP contribution in [0.2, 0.25) is 0 Å². The van der Waals surface area contributed by atoms with E-state index in [-0.39, 0.29) is 24.2 Å². The van der Waals surface area contributed by atoms with E-state index >= 15 is 0 Å². The third-order valence-corrected chi connectivity index (χ3v) is 2.17. The Morgan fingerprint density at radius 3 is 2.16 bits per heavy atom. The first-order chi connectivity index (χ1) is 8.28. The van der Waals surface area contributed by atoms with Gasteiger partial charge in [0.05, 0.1) is 0 Å². The van der Waals surface area contributed by atoms with Crippen LogP contribution in [0, 0.1) is 0 Å². The Bertz CT molecular complexity index is 438. The molecule has 0 heterocycles. The molecule has 0 aromatic heterocycles. The first kappa shape index (κ1) is 17.4. The number of hydrogen-bond acceptors (Lipinski definition) is 3. The average molecular weight is 286 g/mol. The third kappa shape index (κ3) is 6.79. The van der Waals surface area contributed by atoms with Crippen LogP contribution in [-0.2, 0) is 4.79 Å². The fourth-order valence-electron chi connectivity index (χ4n) is 1.32. The molecule has 0 spiro atoms. The van der Waals surface area contributed by atoms with Gasteiger partial charge in [-0.15, -0.1) is 12.4 Å². The Hall–Kier alpha value is -1.59. The van der Waals surface area contributed by atoms with Crippen molar-refractivity contribution in [2.24, 2.45) is 5.73 Å². The van der Waals surface area contributed by atoms with E-state index in [0.29, 0.717) is 17.8 Å². The molecule has 1 rings (SSSR count). The van der Waals surface area contributed by atoms with Crippen LogP contribution in [0.3, 0.4) is 0 Å². The van der Waals surface area contributed by atoms with E-state index in [0.717, 1.165) is 0 Å². The van der Waals surface area contributed by atoms with Crippen molar-refractivity contribution in [1.29, 1.82) is 0 Å². The molecule has 106 valence electrons. The van der Waals surface area contributed by atoms with Crippen molar-refractivity contribution < 1.29 is 9.59 Å². The molecule has 0 bridgehead atoms. The van der Waals surface area contributed by atoms with E-state index in [4.69, 9.17) is 5.73 Å². The van der Waals surface area contributed by atoms with E-state index in [2.05, 4.69) is 10.6 Å². The molecule has 4 N–H and O–H groups in total. The second-order valence-electron chi connectivity index (χ2n) is 4.93. The van der Waals surface area contributed by atoms with Gasteiger partial charge in [-0.05, 0) is 38.1 Å². The average Bonchev–Trinajstić information content (AvgIpc) is 2.25. The predicted octanol–water partition coefficient (Wildman–Crippen LogP) is 1.53. The smallest absolute Gasteiger partial charge is 0.251 e. The number of amides is 2. The van der Waals surface area contributed by atoms with Crippen molar-refractivity contribution in [1.82, 2.24) is 5.32 Å². The minimum Gasteiger partial charge on any atom is -0.350 e. The summed E-state index contributed by atoms with van der Waals surface area (Å²) in [5.41, 5.74) is 6.54. The van der Waals surface area contributed by atoms with Gasteiger partial charge in [0.15, 0.2) is 0 Å². The quantitative estimate of drug-likeness (QED) is 0.784. The first-order valence-corrected chi connectivity index (χ1v) is 5.73. The maximum Gasteiger partial charge on any atom is 0.251 e. The monoisotopic (exact) mass is 285 g/mol. The van der Waals surface area contributed by atoms with Gasteiger partial charge in [-0.3, -0.25) is 9.59 Å². The van der Waals surface area contributed by atoms with E-state index in [1.807, 2.05) is 13.8 Å². The molecule has 0 aliphatic heterocycles. The number of anilines is 1. The van der Waals surface area contributed by atoms with Crippen LogP contribution in [0.25, 0.3) is 0 Å². The summed E-state index contributed by atoms with van der Waals surface area (Å²) in [7, 11) is 0. The molecule has 6 heteroatoms. The van der Waals surface area contributed by atoms with Crippen molar-refractivity contribution in [3.05, 3.63) is 29.8 Å². The standard InChI is InChI=1S/C13H19N3O2.ClH/c1-9(17)16-11-6-4-10(5-7-11)12(18)15-8-13(2,3)14;/h4-7H,8,14H2,1-3H3,(H,15,18)(H,16,17);1H. The van der Waals surface area contributed by atoms with Gasteiger partial charge in [-0.25, -0.2) is 0 Å². The highest BCUT2D eigenvalue weighted by atomic mass is 35.5. The maximum atomic E-state index is 11.8. The molecule has 1 aromatic rings. The second-order valence-corrected chi connectivity index (χ2v) is 4.93. The van der Waals surface area contributed by atoms with E-state index in [1.165, 1.54) is 6.92 Å². The summed E-state index contributed by atoms with van der Waals surface area (Å²) in [4.78, 5) is 22.6. The Balaban J connectivity index is 0.00000324. The van der Waals surface area contributed by atoms with Gasteiger partial charge in [0, 0.05) is 30.3 Å². The lowest BCUT2D eigenvalue weighted by atomic mass is 10.1. The third-order valence-electron chi connectivity index (χ3n) is 2.17. The fourth-order valence-corrected chi connectivity index (χ4v) is 1.32. The summed E-state index contributed by atoms with van der Waals surface area (Å²) in [6, 6.07) is 6.68. The Morgan fingerprint density at radius 2 is 1.74 bits per heavy atom. The molecule has 0 fully saturated rings. The van der Waals surface area contributed by atoms with Crippen molar-refractivity contribution in [3.63, 3.8) is 0 Å². The molecular weight excluding hydrogens is 266 g/mol. The minimum absolute atomic E-state index is 0. The van der Waals surface area contributed by atoms with Crippen LogP contribution < -0.4 is 16.4 Å². The number of carbonyl (C=O) groups excluding carboxylic acids is 2. The lowest BCUT2D eigenvalue weighted by Crippen LogP contribution is -2.45. The van der Waals surface area contributed by atoms with Gasteiger partial charge in [0.25, 0.3) is 5.91 Å². The first-order valence-electron chi connectivity index (χ1n) is 5.73. The highest BCUT2D eigenvalue weighted by Crippen LogP contribution is 2.09. The molecule has 1 aromatic carbocycles. The van der Waals surface area contributed by atoms with Crippen LogP contribution in [0.1, 0.15) is 31.1 Å². The van der Waals surface area contributed by atoms with Gasteiger partial charge in [0.2, 0.25) is 5.91 Å². The number of benzene rings is 1. The van der Waals surface area contributed by atoms with Gasteiger partial charge in [0.1, 0.15) is 0 Å². The van der Waals surface area contributed by atoms with E-state index in [1.54, 1.807) is 24.3 Å². The van der Waals surface area contributed by atoms with Crippen molar-refractivity contribution >= 4 is 29.9 Å². The van der Waals surface area contributed by atoms with Crippen LogP contribution in [0.5, 0.6) is 0 Å². The number of rotatable bonds is 4. The second kappa shape index (κ2) is 7.11. The minimum atomic E-state index is -0.439. The summed E-state index contributed by atoms with van der Waals surface area (Å²) in [6.07, 6.45) is 0. The zero-order chi connectivity index (χ0) is 13.8. The number of carbonyl (C=O) groups is 2. The zero-order valence-corrected chi connectivity index (χ0v) is 12.1. The molecule has 0 unspecified atom stereocenters. The summed E-state index contributed by atoms with van der Waals surface area (Å²) >= 11 is 0. The predicted molar refractivity (Wildman–Crippen MR) is 78.6 cm³/mol. The molecule has 0 saturated carbocycles. The highest BCUT2D eigenvalue weighted by Gasteiger charge is 2.13. The van der Waals surface area contributed by atoms with Crippen molar-refractivity contribution in [3.8, 4) is 0 Å². The Morgan fingerprint density at radius 1 is 1.21 bits per heavy atom. The molecule has 0 saturated heterocycles. The van der Waals surface area contributed by atoms with Crippen molar-refractivity contribution in [2.75, 3.05) is 11.9 Å². The number of halogens is 1. The van der Waals surface area contributed by atoms with Crippen LogP contribution in [0.15, 0.2) is 24.3 Å². The number of hydrogen-bond donors (Lipinski definition) is 3. The summed E-state index contributed by atoms with van der Waals surface area (Å²) < 4.78 is 0. The summed E-state index contributed by atoms with van der Waals surface area (Å²) in [5.74, 6) is -0.319. The van der Waals surface area contributed by atoms with Crippen LogP contribution >= 0.6 is 12.4 Å². The maximum absolute atomic E-state index is 11.8. The van der Waals surface area contributed by atoms with Gasteiger partial charge in [-0.1, -0.05) is 0 Å². The van der Waals surface area contributed by atoms with E-state index < -0.39 is 5.54 Å². The molecule has 0 aliphatic rings. The van der Waals surface area contributed by atoms with Gasteiger partial charge in [-0.2, -0.15) is 0 Å². The lowest BCUT2D eigenvalue weighted by molar-refractivity contribution is -0.114.